The molecular formula is C16H22N4OS. The van der Waals surface area contributed by atoms with Crippen LogP contribution in [-0.4, -0.2) is 34.3 Å². The van der Waals surface area contributed by atoms with Gasteiger partial charge in [0.15, 0.2) is 0 Å². The molecule has 1 saturated heterocycles. The van der Waals surface area contributed by atoms with Crippen molar-refractivity contribution in [3.8, 4) is 0 Å². The summed E-state index contributed by atoms with van der Waals surface area (Å²) in [5.74, 6) is 1.61. The van der Waals surface area contributed by atoms with Crippen molar-refractivity contribution in [2.45, 2.75) is 38.3 Å². The van der Waals surface area contributed by atoms with Crippen molar-refractivity contribution < 1.29 is 5.11 Å². The van der Waals surface area contributed by atoms with E-state index in [1.54, 1.807) is 17.5 Å². The van der Waals surface area contributed by atoms with E-state index in [9.17, 15) is 5.11 Å². The topological polar surface area (TPSA) is 61.3 Å². The Morgan fingerprint density at radius 2 is 2.23 bits per heavy atom. The molecule has 1 aliphatic rings. The highest BCUT2D eigenvalue weighted by Gasteiger charge is 2.19. The van der Waals surface area contributed by atoms with Gasteiger partial charge in [0.1, 0.15) is 5.82 Å². The number of aromatic nitrogens is 2. The summed E-state index contributed by atoms with van der Waals surface area (Å²) in [6.07, 6.45) is 4.24. The Morgan fingerprint density at radius 1 is 1.41 bits per heavy atom. The maximum atomic E-state index is 9.61. The Bertz CT molecular complexity index is 582. The van der Waals surface area contributed by atoms with Gasteiger partial charge in [0.25, 0.3) is 0 Å². The zero-order valence-electron chi connectivity index (χ0n) is 12.8. The van der Waals surface area contributed by atoms with Crippen molar-refractivity contribution in [2.24, 2.45) is 0 Å². The number of hydrogen-bond donors (Lipinski definition) is 2. The number of nitrogens with one attached hydrogen (secondary N) is 1. The lowest BCUT2D eigenvalue weighted by Crippen LogP contribution is -2.36. The summed E-state index contributed by atoms with van der Waals surface area (Å²) in [5.41, 5.74) is 0. The Labute approximate surface area is 135 Å². The molecule has 0 aliphatic carbocycles. The lowest BCUT2D eigenvalue weighted by molar-refractivity contribution is 0.145. The Hall–Kier alpha value is -1.66. The summed E-state index contributed by atoms with van der Waals surface area (Å²) in [6.45, 7) is 3.85. The molecule has 0 amide bonds. The predicted molar refractivity (Wildman–Crippen MR) is 90.5 cm³/mol. The lowest BCUT2D eigenvalue weighted by atomic mass is 10.1. The third-order valence-corrected chi connectivity index (χ3v) is 5.01. The number of aliphatic hydroxyl groups is 1. The van der Waals surface area contributed by atoms with Crippen LogP contribution < -0.4 is 10.2 Å². The van der Waals surface area contributed by atoms with Gasteiger partial charge in [0, 0.05) is 24.2 Å². The number of hydrogen-bond acceptors (Lipinski definition) is 6. The Balaban J connectivity index is 1.71. The van der Waals surface area contributed by atoms with Crippen molar-refractivity contribution >= 4 is 23.1 Å². The molecule has 1 unspecified atom stereocenters. The molecular weight excluding hydrogens is 296 g/mol. The Kier molecular flexibility index (Phi) is 4.90. The monoisotopic (exact) mass is 318 g/mol. The van der Waals surface area contributed by atoms with Crippen LogP contribution in [0.2, 0.25) is 0 Å². The molecule has 1 atom stereocenters. The van der Waals surface area contributed by atoms with Crippen molar-refractivity contribution in [1.29, 1.82) is 0 Å². The summed E-state index contributed by atoms with van der Waals surface area (Å²) in [5, 5.41) is 15.1. The van der Waals surface area contributed by atoms with E-state index < -0.39 is 0 Å². The molecule has 22 heavy (non-hydrogen) atoms. The smallest absolute Gasteiger partial charge is 0.225 e. The van der Waals surface area contributed by atoms with Gasteiger partial charge in [0.2, 0.25) is 5.95 Å². The summed E-state index contributed by atoms with van der Waals surface area (Å²) in [7, 11) is 0. The van der Waals surface area contributed by atoms with Gasteiger partial charge < -0.3 is 15.3 Å². The third-order valence-electron chi connectivity index (χ3n) is 4.03. The maximum Gasteiger partial charge on any atom is 0.225 e. The highest BCUT2D eigenvalue weighted by Crippen LogP contribution is 2.26. The molecule has 0 aromatic carbocycles. The number of piperidine rings is 1. The molecule has 0 saturated carbocycles. The van der Waals surface area contributed by atoms with Gasteiger partial charge >= 0.3 is 0 Å². The van der Waals surface area contributed by atoms with Crippen LogP contribution in [0.1, 0.15) is 37.1 Å². The zero-order valence-corrected chi connectivity index (χ0v) is 13.6. The molecule has 0 radical (unpaired) electrons. The van der Waals surface area contributed by atoms with Crippen LogP contribution in [-0.2, 0) is 0 Å². The van der Waals surface area contributed by atoms with E-state index in [2.05, 4.69) is 44.6 Å². The minimum absolute atomic E-state index is 0.168. The highest BCUT2D eigenvalue weighted by molar-refractivity contribution is 7.10. The molecule has 0 bridgehead atoms. The average Bonchev–Trinajstić information content (AvgIpc) is 3.08. The van der Waals surface area contributed by atoms with Crippen molar-refractivity contribution in [3.63, 3.8) is 0 Å². The largest absolute Gasteiger partial charge is 0.393 e. The average molecular weight is 318 g/mol. The minimum atomic E-state index is -0.168. The van der Waals surface area contributed by atoms with Gasteiger partial charge in [-0.25, -0.2) is 4.98 Å². The fraction of sp³-hybridized carbons (Fsp3) is 0.500. The first-order valence-electron chi connectivity index (χ1n) is 7.82. The van der Waals surface area contributed by atoms with Crippen LogP contribution in [0.3, 0.4) is 0 Å². The van der Waals surface area contributed by atoms with Gasteiger partial charge in [-0.2, -0.15) is 4.98 Å². The summed E-state index contributed by atoms with van der Waals surface area (Å²) in [6, 6.07) is 6.40. The van der Waals surface area contributed by atoms with Crippen LogP contribution >= 0.6 is 11.3 Å². The maximum absolute atomic E-state index is 9.61. The van der Waals surface area contributed by atoms with Crippen LogP contribution in [0.5, 0.6) is 0 Å². The van der Waals surface area contributed by atoms with Crippen LogP contribution in [0.4, 0.5) is 11.8 Å². The van der Waals surface area contributed by atoms with Gasteiger partial charge in [-0.3, -0.25) is 0 Å². The first-order chi connectivity index (χ1) is 10.8. The number of anilines is 2. The van der Waals surface area contributed by atoms with Gasteiger partial charge in [-0.05, 0) is 36.8 Å². The van der Waals surface area contributed by atoms with Gasteiger partial charge in [-0.1, -0.05) is 13.0 Å². The quantitative estimate of drug-likeness (QED) is 0.887. The van der Waals surface area contributed by atoms with E-state index in [-0.39, 0.29) is 12.1 Å². The SMILES string of the molecule is CCC(Nc1nccc(N2CCC(O)CC2)n1)c1cccs1. The molecule has 3 rings (SSSR count). The molecule has 1 fully saturated rings. The van der Waals surface area contributed by atoms with Gasteiger partial charge in [0.05, 0.1) is 12.1 Å². The second kappa shape index (κ2) is 7.07. The van der Waals surface area contributed by atoms with Crippen molar-refractivity contribution in [2.75, 3.05) is 23.3 Å². The fourth-order valence-electron chi connectivity index (χ4n) is 2.71. The standard InChI is InChI=1S/C16H22N4OS/c1-2-13(14-4-3-11-22-14)18-16-17-8-5-15(19-16)20-9-6-12(21)7-10-20/h3-5,8,11-13,21H,2,6-7,9-10H2,1H3,(H,17,18,19). The van der Waals surface area contributed by atoms with E-state index in [4.69, 9.17) is 0 Å². The number of thiophene rings is 1. The van der Waals surface area contributed by atoms with E-state index in [0.29, 0.717) is 5.95 Å². The van der Waals surface area contributed by atoms with Gasteiger partial charge in [-0.15, -0.1) is 11.3 Å². The first-order valence-corrected chi connectivity index (χ1v) is 8.70. The van der Waals surface area contributed by atoms with Crippen LogP contribution in [0, 0.1) is 0 Å². The number of aliphatic hydroxyl groups excluding tert-OH is 1. The molecule has 5 nitrogen and oxygen atoms in total. The van der Waals surface area contributed by atoms with Crippen LogP contribution in [0.25, 0.3) is 0 Å². The molecule has 1 aliphatic heterocycles. The number of nitrogens with zero attached hydrogens (tertiary/aromatic N) is 3. The zero-order chi connectivity index (χ0) is 15.4. The molecule has 2 aromatic rings. The van der Waals surface area contributed by atoms with Crippen LogP contribution in [0.15, 0.2) is 29.8 Å². The first kappa shape index (κ1) is 15.2. The van der Waals surface area contributed by atoms with E-state index in [1.807, 2.05) is 6.07 Å². The predicted octanol–water partition coefficient (Wildman–Crippen LogP) is 3.06. The Morgan fingerprint density at radius 3 is 2.91 bits per heavy atom. The normalized spacial score (nSPS) is 17.5. The van der Waals surface area contributed by atoms with E-state index in [0.717, 1.165) is 38.2 Å². The van der Waals surface area contributed by atoms with Crippen molar-refractivity contribution in [1.82, 2.24) is 9.97 Å². The van der Waals surface area contributed by atoms with Crippen molar-refractivity contribution in [3.05, 3.63) is 34.7 Å². The van der Waals surface area contributed by atoms with E-state index in [1.165, 1.54) is 4.88 Å². The summed E-state index contributed by atoms with van der Waals surface area (Å²) in [4.78, 5) is 12.5. The molecule has 3 heterocycles. The van der Waals surface area contributed by atoms with E-state index >= 15 is 0 Å². The highest BCUT2D eigenvalue weighted by atomic mass is 32.1. The summed E-state index contributed by atoms with van der Waals surface area (Å²) >= 11 is 1.75. The second-order valence-corrected chi connectivity index (χ2v) is 6.56. The second-order valence-electron chi connectivity index (χ2n) is 5.58. The molecule has 2 aromatic heterocycles. The fourth-order valence-corrected chi connectivity index (χ4v) is 3.57. The molecule has 0 spiro atoms. The minimum Gasteiger partial charge on any atom is -0.393 e. The molecule has 2 N–H and O–H groups in total. The molecule has 118 valence electrons. The molecule has 6 heteroatoms. The lowest BCUT2D eigenvalue weighted by Gasteiger charge is -2.30. The third kappa shape index (κ3) is 3.56. The summed E-state index contributed by atoms with van der Waals surface area (Å²) < 4.78 is 0. The number of rotatable bonds is 5.